The Morgan fingerprint density at radius 1 is 1.53 bits per heavy atom. The van der Waals surface area contributed by atoms with Crippen LogP contribution in [0.15, 0.2) is 27.4 Å². The van der Waals surface area contributed by atoms with Gasteiger partial charge in [0.25, 0.3) is 0 Å². The number of aryl methyl sites for hydroxylation is 1. The predicted molar refractivity (Wildman–Crippen MR) is 62.2 cm³/mol. The minimum absolute atomic E-state index is 0.0422. The lowest BCUT2D eigenvalue weighted by atomic mass is 10.2. The number of hydrogen-bond acceptors (Lipinski definition) is 4. The Labute approximate surface area is 92.3 Å². The first-order valence-corrected chi connectivity index (χ1v) is 5.10. The van der Waals surface area contributed by atoms with Crippen molar-refractivity contribution in [2.75, 3.05) is 7.05 Å². The predicted octanol–water partition coefficient (Wildman–Crippen LogP) is 1.28. The van der Waals surface area contributed by atoms with E-state index in [1.165, 1.54) is 4.57 Å². The minimum Gasteiger partial charge on any atom is -0.408 e. The molecule has 0 saturated carbocycles. The molecule has 15 heavy (non-hydrogen) atoms. The molecule has 0 aliphatic rings. The van der Waals surface area contributed by atoms with Crippen LogP contribution in [0.25, 0.3) is 11.1 Å². The second-order valence-electron chi connectivity index (χ2n) is 3.35. The summed E-state index contributed by atoms with van der Waals surface area (Å²) in [5.41, 5.74) is 2.39. The fourth-order valence-corrected chi connectivity index (χ4v) is 1.64. The van der Waals surface area contributed by atoms with Crippen molar-refractivity contribution in [1.29, 1.82) is 0 Å². The summed E-state index contributed by atoms with van der Waals surface area (Å²) < 4.78 is 6.51. The summed E-state index contributed by atoms with van der Waals surface area (Å²) in [6, 6.07) is 5.57. The van der Waals surface area contributed by atoms with E-state index in [0.29, 0.717) is 5.58 Å². The van der Waals surface area contributed by atoms with Crippen molar-refractivity contribution in [3.05, 3.63) is 34.3 Å². The first kappa shape index (κ1) is 10.3. The maximum absolute atomic E-state index is 11.3. The van der Waals surface area contributed by atoms with Gasteiger partial charge in [-0.3, -0.25) is 4.57 Å². The van der Waals surface area contributed by atoms with Gasteiger partial charge in [-0.15, -0.1) is 0 Å². The van der Waals surface area contributed by atoms with Gasteiger partial charge in [0, 0.05) is 7.05 Å². The van der Waals surface area contributed by atoms with Crippen LogP contribution in [0.2, 0.25) is 0 Å². The average molecular weight is 224 g/mol. The lowest BCUT2D eigenvalue weighted by Crippen LogP contribution is -2.11. The molecule has 0 spiro atoms. The number of thiol groups is 1. The summed E-state index contributed by atoms with van der Waals surface area (Å²) in [6.45, 7) is 0. The molecule has 0 aliphatic heterocycles. The molecule has 1 heterocycles. The van der Waals surface area contributed by atoms with E-state index in [1.54, 1.807) is 13.1 Å². The third-order valence-electron chi connectivity index (χ3n) is 2.40. The first-order valence-electron chi connectivity index (χ1n) is 4.58. The highest BCUT2D eigenvalue weighted by Gasteiger charge is 2.09. The number of rotatable bonds is 2. The SMILES string of the molecule is CNC(S)c1ccc2oc(=O)n(C)c2c1. The van der Waals surface area contributed by atoms with Crippen LogP contribution in [-0.4, -0.2) is 11.6 Å². The minimum atomic E-state index is -0.345. The van der Waals surface area contributed by atoms with Gasteiger partial charge in [0.15, 0.2) is 5.58 Å². The molecule has 1 atom stereocenters. The Kier molecular flexibility index (Phi) is 2.58. The summed E-state index contributed by atoms with van der Waals surface area (Å²) in [7, 11) is 3.51. The number of hydrogen-bond donors (Lipinski definition) is 2. The normalized spacial score (nSPS) is 13.3. The Bertz CT molecular complexity index is 544. The molecule has 2 rings (SSSR count). The van der Waals surface area contributed by atoms with Crippen LogP contribution in [0, 0.1) is 0 Å². The highest BCUT2D eigenvalue weighted by atomic mass is 32.1. The maximum atomic E-state index is 11.3. The average Bonchev–Trinajstić information content (AvgIpc) is 2.54. The fourth-order valence-electron chi connectivity index (χ4n) is 1.48. The van der Waals surface area contributed by atoms with Crippen LogP contribution >= 0.6 is 12.6 Å². The molecule has 1 aromatic heterocycles. The monoisotopic (exact) mass is 224 g/mol. The summed E-state index contributed by atoms with van der Waals surface area (Å²) in [4.78, 5) is 11.3. The van der Waals surface area contributed by atoms with Crippen LogP contribution in [-0.2, 0) is 7.05 Å². The molecule has 0 amide bonds. The van der Waals surface area contributed by atoms with E-state index in [9.17, 15) is 4.79 Å². The molecule has 0 saturated heterocycles. The largest absolute Gasteiger partial charge is 0.419 e. The third-order valence-corrected chi connectivity index (χ3v) is 2.96. The summed E-state index contributed by atoms with van der Waals surface area (Å²) in [5, 5.41) is 2.98. The molecule has 4 nitrogen and oxygen atoms in total. The summed E-state index contributed by atoms with van der Waals surface area (Å²) in [5.74, 6) is -0.345. The summed E-state index contributed by atoms with van der Waals surface area (Å²) >= 11 is 4.36. The van der Waals surface area contributed by atoms with E-state index in [1.807, 2.05) is 19.2 Å². The highest BCUT2D eigenvalue weighted by Crippen LogP contribution is 2.21. The van der Waals surface area contributed by atoms with Crippen LogP contribution in [0.4, 0.5) is 0 Å². The van der Waals surface area contributed by atoms with Crippen molar-refractivity contribution in [2.24, 2.45) is 7.05 Å². The zero-order valence-corrected chi connectivity index (χ0v) is 9.41. The number of benzene rings is 1. The Balaban J connectivity index is 2.64. The number of fused-ring (bicyclic) bond motifs is 1. The van der Waals surface area contributed by atoms with E-state index in [4.69, 9.17) is 4.42 Å². The molecule has 0 radical (unpaired) electrons. The lowest BCUT2D eigenvalue weighted by molar-refractivity contribution is 0.528. The summed E-state index contributed by atoms with van der Waals surface area (Å²) in [6.07, 6.45) is 0. The van der Waals surface area contributed by atoms with Gasteiger partial charge in [0.1, 0.15) is 0 Å². The molecule has 5 heteroatoms. The van der Waals surface area contributed by atoms with Crippen molar-refractivity contribution in [1.82, 2.24) is 9.88 Å². The maximum Gasteiger partial charge on any atom is 0.419 e. The quantitative estimate of drug-likeness (QED) is 0.596. The van der Waals surface area contributed by atoms with Crippen molar-refractivity contribution >= 4 is 23.7 Å². The number of nitrogens with zero attached hydrogens (tertiary/aromatic N) is 1. The molecule has 80 valence electrons. The van der Waals surface area contributed by atoms with Crippen LogP contribution in [0.1, 0.15) is 10.9 Å². The van der Waals surface area contributed by atoms with Crippen LogP contribution in [0.5, 0.6) is 0 Å². The molecule has 0 aliphatic carbocycles. The molecular weight excluding hydrogens is 212 g/mol. The number of aromatic nitrogens is 1. The lowest BCUT2D eigenvalue weighted by Gasteiger charge is -2.09. The van der Waals surface area contributed by atoms with Gasteiger partial charge in [-0.05, 0) is 24.7 Å². The van der Waals surface area contributed by atoms with Crippen LogP contribution < -0.4 is 11.1 Å². The van der Waals surface area contributed by atoms with Crippen molar-refractivity contribution in [3.8, 4) is 0 Å². The highest BCUT2D eigenvalue weighted by molar-refractivity contribution is 7.80. The van der Waals surface area contributed by atoms with Gasteiger partial charge in [0.05, 0.1) is 10.9 Å². The zero-order chi connectivity index (χ0) is 11.0. The third kappa shape index (κ3) is 1.68. The molecule has 1 aromatic carbocycles. The topological polar surface area (TPSA) is 47.2 Å². The number of nitrogens with one attached hydrogen (secondary N) is 1. The van der Waals surface area contributed by atoms with Gasteiger partial charge < -0.3 is 9.73 Å². The van der Waals surface area contributed by atoms with E-state index >= 15 is 0 Å². The Morgan fingerprint density at radius 2 is 2.27 bits per heavy atom. The molecule has 0 fully saturated rings. The standard InChI is InChI=1S/C10H12N2O2S/c1-11-9(15)6-3-4-8-7(5-6)12(2)10(13)14-8/h3-5,9,11,15H,1-2H3. The molecule has 0 bridgehead atoms. The molecule has 1 unspecified atom stereocenters. The molecule has 1 N–H and O–H groups in total. The van der Waals surface area contributed by atoms with Gasteiger partial charge in [-0.25, -0.2) is 4.79 Å². The Morgan fingerprint density at radius 3 is 2.93 bits per heavy atom. The van der Waals surface area contributed by atoms with E-state index in [0.717, 1.165) is 11.1 Å². The van der Waals surface area contributed by atoms with E-state index < -0.39 is 0 Å². The van der Waals surface area contributed by atoms with E-state index in [2.05, 4.69) is 17.9 Å². The molecular formula is C10H12N2O2S. The van der Waals surface area contributed by atoms with E-state index in [-0.39, 0.29) is 11.1 Å². The fraction of sp³-hybridized carbons (Fsp3) is 0.300. The smallest absolute Gasteiger partial charge is 0.408 e. The number of oxazole rings is 1. The van der Waals surface area contributed by atoms with Crippen molar-refractivity contribution in [3.63, 3.8) is 0 Å². The second-order valence-corrected chi connectivity index (χ2v) is 3.86. The Hall–Kier alpha value is -1.20. The molecule has 2 aromatic rings. The van der Waals surface area contributed by atoms with Crippen molar-refractivity contribution < 1.29 is 4.42 Å². The van der Waals surface area contributed by atoms with Gasteiger partial charge in [0.2, 0.25) is 0 Å². The van der Waals surface area contributed by atoms with Gasteiger partial charge in [-0.2, -0.15) is 12.6 Å². The van der Waals surface area contributed by atoms with Gasteiger partial charge >= 0.3 is 5.76 Å². The van der Waals surface area contributed by atoms with Crippen molar-refractivity contribution in [2.45, 2.75) is 5.37 Å². The van der Waals surface area contributed by atoms with Crippen LogP contribution in [0.3, 0.4) is 0 Å². The first-order chi connectivity index (χ1) is 7.13. The van der Waals surface area contributed by atoms with Gasteiger partial charge in [-0.1, -0.05) is 6.07 Å². The second kappa shape index (κ2) is 3.75. The zero-order valence-electron chi connectivity index (χ0n) is 8.52.